The topological polar surface area (TPSA) is 67.9 Å². The SMILES string of the molecule is COc1cc2c(cc1OC)[C@H](C(=O)Nc1ccc(C)c(F)c1)[C@H](c1cccs1)N(C)C2=O. The summed E-state index contributed by atoms with van der Waals surface area (Å²) < 4.78 is 24.9. The second kappa shape index (κ2) is 8.63. The summed E-state index contributed by atoms with van der Waals surface area (Å²) in [6, 6.07) is 11.1. The number of carbonyl (C=O) groups is 2. The lowest BCUT2D eigenvalue weighted by Crippen LogP contribution is -2.43. The number of nitrogens with zero attached hydrogens (tertiary/aromatic N) is 1. The fraction of sp³-hybridized carbons (Fsp3) is 0.250. The van der Waals surface area contributed by atoms with Gasteiger partial charge in [0.1, 0.15) is 5.82 Å². The Kier molecular flexibility index (Phi) is 5.88. The number of halogens is 1. The van der Waals surface area contributed by atoms with E-state index in [1.807, 2.05) is 17.5 Å². The third-order valence-corrected chi connectivity index (χ3v) is 6.67. The van der Waals surface area contributed by atoms with Crippen molar-refractivity contribution >= 4 is 28.8 Å². The molecule has 8 heteroatoms. The molecule has 4 rings (SSSR count). The van der Waals surface area contributed by atoms with Gasteiger partial charge in [0, 0.05) is 23.2 Å². The lowest BCUT2D eigenvalue weighted by Gasteiger charge is -2.39. The average Bonchev–Trinajstić information content (AvgIpc) is 3.32. The van der Waals surface area contributed by atoms with Gasteiger partial charge in [-0.1, -0.05) is 12.1 Å². The first kappa shape index (κ1) is 21.8. The number of ether oxygens (including phenoxy) is 2. The standard InChI is InChI=1S/C24H23FN2O4S/c1-13-7-8-14(10-17(13)25)26-23(28)21-15-11-18(30-3)19(31-4)12-16(15)24(29)27(2)22(21)20-6-5-9-32-20/h5-12,21-22H,1-4H3,(H,26,28)/t21-,22-/m0/s1. The summed E-state index contributed by atoms with van der Waals surface area (Å²) in [5.41, 5.74) is 1.75. The molecule has 0 radical (unpaired) electrons. The number of aryl methyl sites for hydroxylation is 1. The van der Waals surface area contributed by atoms with Crippen LogP contribution in [0.3, 0.4) is 0 Å². The predicted molar refractivity (Wildman–Crippen MR) is 121 cm³/mol. The van der Waals surface area contributed by atoms with Gasteiger partial charge in [-0.2, -0.15) is 0 Å². The molecule has 1 aliphatic heterocycles. The van der Waals surface area contributed by atoms with Crippen molar-refractivity contribution in [2.24, 2.45) is 0 Å². The second-order valence-electron chi connectivity index (χ2n) is 7.60. The Hall–Kier alpha value is -3.39. The van der Waals surface area contributed by atoms with Gasteiger partial charge in [0.05, 0.1) is 26.2 Å². The van der Waals surface area contributed by atoms with Crippen molar-refractivity contribution in [2.45, 2.75) is 18.9 Å². The monoisotopic (exact) mass is 454 g/mol. The molecule has 0 spiro atoms. The highest BCUT2D eigenvalue weighted by molar-refractivity contribution is 7.10. The fourth-order valence-electron chi connectivity index (χ4n) is 4.04. The zero-order valence-corrected chi connectivity index (χ0v) is 19.0. The normalized spacial score (nSPS) is 17.7. The Morgan fingerprint density at radius 2 is 1.84 bits per heavy atom. The molecule has 2 atom stereocenters. The number of hydrogen-bond donors (Lipinski definition) is 1. The molecule has 0 bridgehead atoms. The zero-order chi connectivity index (χ0) is 23.0. The van der Waals surface area contributed by atoms with E-state index in [1.54, 1.807) is 43.1 Å². The van der Waals surface area contributed by atoms with Crippen LogP contribution in [0.15, 0.2) is 47.8 Å². The van der Waals surface area contributed by atoms with Crippen LogP contribution in [-0.4, -0.2) is 38.0 Å². The van der Waals surface area contributed by atoms with Crippen LogP contribution in [0.5, 0.6) is 11.5 Å². The lowest BCUT2D eigenvalue weighted by molar-refractivity contribution is -0.119. The number of thiophene rings is 1. The number of methoxy groups -OCH3 is 2. The molecule has 166 valence electrons. The summed E-state index contributed by atoms with van der Waals surface area (Å²) in [6.07, 6.45) is 0. The van der Waals surface area contributed by atoms with Gasteiger partial charge in [0.2, 0.25) is 5.91 Å². The van der Waals surface area contributed by atoms with Gasteiger partial charge in [-0.3, -0.25) is 9.59 Å². The van der Waals surface area contributed by atoms with Gasteiger partial charge in [-0.25, -0.2) is 4.39 Å². The summed E-state index contributed by atoms with van der Waals surface area (Å²) in [4.78, 5) is 29.3. The zero-order valence-electron chi connectivity index (χ0n) is 18.1. The van der Waals surface area contributed by atoms with Crippen LogP contribution >= 0.6 is 11.3 Å². The summed E-state index contributed by atoms with van der Waals surface area (Å²) in [7, 11) is 4.67. The molecule has 6 nitrogen and oxygen atoms in total. The van der Waals surface area contributed by atoms with Crippen molar-refractivity contribution in [3.63, 3.8) is 0 Å². The van der Waals surface area contributed by atoms with Crippen LogP contribution in [0.4, 0.5) is 10.1 Å². The summed E-state index contributed by atoms with van der Waals surface area (Å²) in [5.74, 6) is -0.879. The third kappa shape index (κ3) is 3.71. The van der Waals surface area contributed by atoms with Gasteiger partial charge in [0.15, 0.2) is 11.5 Å². The molecule has 2 heterocycles. The quantitative estimate of drug-likeness (QED) is 0.604. The van der Waals surface area contributed by atoms with E-state index >= 15 is 0 Å². The number of rotatable bonds is 5. The number of anilines is 1. The molecule has 0 unspecified atom stereocenters. The van der Waals surface area contributed by atoms with Crippen molar-refractivity contribution in [1.29, 1.82) is 0 Å². The van der Waals surface area contributed by atoms with E-state index in [-0.39, 0.29) is 11.8 Å². The molecule has 1 aliphatic rings. The number of benzene rings is 2. The van der Waals surface area contributed by atoms with Gasteiger partial charge < -0.3 is 19.7 Å². The Bertz CT molecular complexity index is 1180. The highest BCUT2D eigenvalue weighted by Crippen LogP contribution is 2.46. The van der Waals surface area contributed by atoms with Crippen LogP contribution in [-0.2, 0) is 4.79 Å². The minimum atomic E-state index is -0.740. The maximum Gasteiger partial charge on any atom is 0.254 e. The number of fused-ring (bicyclic) bond motifs is 1. The van der Waals surface area contributed by atoms with Crippen molar-refractivity contribution in [1.82, 2.24) is 4.90 Å². The van der Waals surface area contributed by atoms with E-state index in [9.17, 15) is 14.0 Å². The largest absolute Gasteiger partial charge is 0.493 e. The van der Waals surface area contributed by atoms with Crippen LogP contribution in [0.2, 0.25) is 0 Å². The van der Waals surface area contributed by atoms with E-state index < -0.39 is 17.8 Å². The maximum atomic E-state index is 14.1. The number of nitrogens with one attached hydrogen (secondary N) is 1. The molecule has 0 saturated carbocycles. The molecule has 0 aliphatic carbocycles. The van der Waals surface area contributed by atoms with Crippen molar-refractivity contribution in [3.05, 3.63) is 75.2 Å². The van der Waals surface area contributed by atoms with E-state index in [1.165, 1.54) is 31.6 Å². The Balaban J connectivity index is 1.85. The first-order valence-corrected chi connectivity index (χ1v) is 10.9. The Morgan fingerprint density at radius 3 is 2.47 bits per heavy atom. The summed E-state index contributed by atoms with van der Waals surface area (Å²) in [5, 5.41) is 4.73. The van der Waals surface area contributed by atoms with E-state index in [2.05, 4.69) is 5.32 Å². The molecule has 2 aromatic carbocycles. The van der Waals surface area contributed by atoms with Crippen LogP contribution in [0.1, 0.15) is 38.3 Å². The molecule has 1 N–H and O–H groups in total. The molecule has 3 aromatic rings. The number of likely N-dealkylation sites (N-methyl/N-ethyl adjacent to an activating group) is 1. The molecule has 32 heavy (non-hydrogen) atoms. The fourth-order valence-corrected chi connectivity index (χ4v) is 4.94. The average molecular weight is 455 g/mol. The van der Waals surface area contributed by atoms with Crippen LogP contribution in [0, 0.1) is 12.7 Å². The predicted octanol–water partition coefficient (Wildman–Crippen LogP) is 4.76. The van der Waals surface area contributed by atoms with Gasteiger partial charge in [0.25, 0.3) is 5.91 Å². The Morgan fingerprint density at radius 1 is 1.12 bits per heavy atom. The van der Waals surface area contributed by atoms with E-state index in [0.29, 0.717) is 33.9 Å². The molecule has 1 aromatic heterocycles. The number of hydrogen-bond acceptors (Lipinski definition) is 5. The molecular weight excluding hydrogens is 431 g/mol. The maximum absolute atomic E-state index is 14.1. The highest BCUT2D eigenvalue weighted by Gasteiger charge is 2.44. The van der Waals surface area contributed by atoms with Crippen LogP contribution in [0.25, 0.3) is 0 Å². The van der Waals surface area contributed by atoms with Gasteiger partial charge in [-0.15, -0.1) is 11.3 Å². The van der Waals surface area contributed by atoms with Crippen molar-refractivity contribution < 1.29 is 23.5 Å². The van der Waals surface area contributed by atoms with Crippen molar-refractivity contribution in [3.8, 4) is 11.5 Å². The Labute approximate surface area is 189 Å². The number of amides is 2. The van der Waals surface area contributed by atoms with E-state index in [0.717, 1.165) is 4.88 Å². The second-order valence-corrected chi connectivity index (χ2v) is 8.58. The van der Waals surface area contributed by atoms with E-state index in [4.69, 9.17) is 9.47 Å². The summed E-state index contributed by atoms with van der Waals surface area (Å²) in [6.45, 7) is 1.66. The lowest BCUT2D eigenvalue weighted by atomic mass is 9.81. The molecular formula is C24H23FN2O4S. The minimum Gasteiger partial charge on any atom is -0.493 e. The first-order valence-electron chi connectivity index (χ1n) is 9.99. The molecule has 0 saturated heterocycles. The molecule has 0 fully saturated rings. The summed E-state index contributed by atoms with van der Waals surface area (Å²) >= 11 is 1.47. The minimum absolute atomic E-state index is 0.218. The van der Waals surface area contributed by atoms with Gasteiger partial charge in [-0.05, 0) is 53.8 Å². The number of carbonyl (C=O) groups excluding carboxylic acids is 2. The first-order chi connectivity index (χ1) is 15.3. The third-order valence-electron chi connectivity index (χ3n) is 5.73. The smallest absolute Gasteiger partial charge is 0.254 e. The highest BCUT2D eigenvalue weighted by atomic mass is 32.1. The van der Waals surface area contributed by atoms with Gasteiger partial charge >= 0.3 is 0 Å². The molecule has 2 amide bonds. The van der Waals surface area contributed by atoms with Crippen molar-refractivity contribution in [2.75, 3.05) is 26.6 Å². The van der Waals surface area contributed by atoms with Crippen LogP contribution < -0.4 is 14.8 Å².